The number of ether oxygens (including phenoxy) is 1. The van der Waals surface area contributed by atoms with Gasteiger partial charge < -0.3 is 9.84 Å². The number of methoxy groups -OCH3 is 1. The van der Waals surface area contributed by atoms with Gasteiger partial charge in [0.2, 0.25) is 0 Å². The molecule has 1 aromatic carbocycles. The summed E-state index contributed by atoms with van der Waals surface area (Å²) in [6, 6.07) is 13.4. The van der Waals surface area contributed by atoms with Crippen molar-refractivity contribution in [2.45, 2.75) is 17.7 Å². The van der Waals surface area contributed by atoms with Crippen LogP contribution in [0.15, 0.2) is 53.6 Å². The third-order valence-electron chi connectivity index (χ3n) is 3.33. The maximum Gasteiger partial charge on any atom is 0.307 e. The van der Waals surface area contributed by atoms with Crippen LogP contribution in [-0.4, -0.2) is 28.9 Å². The summed E-state index contributed by atoms with van der Waals surface area (Å²) in [5, 5.41) is 9.36. The largest absolute Gasteiger partial charge is 0.497 e. The number of nitrogens with zero attached hydrogens (tertiary/aromatic N) is 1. The fourth-order valence-corrected chi connectivity index (χ4v) is 3.05. The first-order valence-corrected chi connectivity index (χ1v) is 8.07. The molecule has 22 heavy (non-hydrogen) atoms. The van der Waals surface area contributed by atoms with E-state index in [1.807, 2.05) is 42.5 Å². The van der Waals surface area contributed by atoms with Crippen LogP contribution in [0.5, 0.6) is 5.75 Å². The molecule has 1 N–H and O–H groups in total. The lowest BCUT2D eigenvalue weighted by molar-refractivity contribution is -0.141. The second-order valence-corrected chi connectivity index (χ2v) is 5.97. The topological polar surface area (TPSA) is 59.4 Å². The number of aliphatic carboxylic acids is 1. The molecule has 5 heteroatoms. The van der Waals surface area contributed by atoms with Gasteiger partial charge in [-0.1, -0.05) is 6.07 Å². The molecule has 0 aliphatic rings. The Hall–Kier alpha value is -2.01. The number of carboxylic acids is 1. The average molecular weight is 317 g/mol. The highest BCUT2D eigenvalue weighted by Crippen LogP contribution is 2.25. The van der Waals surface area contributed by atoms with Crippen molar-refractivity contribution in [1.29, 1.82) is 0 Å². The summed E-state index contributed by atoms with van der Waals surface area (Å²) in [5.41, 5.74) is 0.934. The smallest absolute Gasteiger partial charge is 0.307 e. The molecule has 0 saturated heterocycles. The molecule has 1 unspecified atom stereocenters. The van der Waals surface area contributed by atoms with Crippen LogP contribution in [0.2, 0.25) is 0 Å². The molecule has 0 saturated carbocycles. The lowest BCUT2D eigenvalue weighted by Gasteiger charge is -2.12. The second kappa shape index (κ2) is 8.44. The van der Waals surface area contributed by atoms with Crippen LogP contribution in [0, 0.1) is 5.92 Å². The maximum absolute atomic E-state index is 11.4. The fourth-order valence-electron chi connectivity index (χ4n) is 2.01. The zero-order valence-electron chi connectivity index (χ0n) is 12.4. The summed E-state index contributed by atoms with van der Waals surface area (Å²) in [6.45, 7) is 0. The quantitative estimate of drug-likeness (QED) is 0.755. The summed E-state index contributed by atoms with van der Waals surface area (Å²) in [7, 11) is 1.63. The standard InChI is InChI=1S/C17H19NO3S/c1-21-15-7-9-16(10-8-15)22-12-13(17(19)20)5-6-14-4-2-3-11-18-14/h2-4,7-11,13H,5-6,12H2,1H3,(H,19,20). The summed E-state index contributed by atoms with van der Waals surface area (Å²) < 4.78 is 5.11. The third-order valence-corrected chi connectivity index (χ3v) is 4.51. The summed E-state index contributed by atoms with van der Waals surface area (Å²) in [4.78, 5) is 16.7. The Morgan fingerprint density at radius 1 is 1.27 bits per heavy atom. The zero-order chi connectivity index (χ0) is 15.8. The number of carboxylic acid groups (broad SMARTS) is 1. The highest BCUT2D eigenvalue weighted by molar-refractivity contribution is 7.99. The molecule has 0 fully saturated rings. The number of benzene rings is 1. The van der Waals surface area contributed by atoms with Crippen LogP contribution >= 0.6 is 11.8 Å². The van der Waals surface area contributed by atoms with Crippen LogP contribution in [0.4, 0.5) is 0 Å². The number of pyridine rings is 1. The molecule has 116 valence electrons. The van der Waals surface area contributed by atoms with Crippen LogP contribution in [0.1, 0.15) is 12.1 Å². The van der Waals surface area contributed by atoms with E-state index >= 15 is 0 Å². The number of aromatic nitrogens is 1. The third kappa shape index (κ3) is 5.07. The normalized spacial score (nSPS) is 11.9. The van der Waals surface area contributed by atoms with Gasteiger partial charge in [0.25, 0.3) is 0 Å². The molecule has 0 amide bonds. The Bertz CT molecular complexity index is 587. The first kappa shape index (κ1) is 16.4. The molecular formula is C17H19NO3S. The van der Waals surface area contributed by atoms with E-state index in [9.17, 15) is 9.90 Å². The van der Waals surface area contributed by atoms with E-state index in [1.165, 1.54) is 0 Å². The molecule has 1 aromatic heterocycles. The molecule has 4 nitrogen and oxygen atoms in total. The molecule has 2 aromatic rings. The van der Waals surface area contributed by atoms with Crippen molar-refractivity contribution < 1.29 is 14.6 Å². The van der Waals surface area contributed by atoms with Crippen molar-refractivity contribution in [1.82, 2.24) is 4.98 Å². The van der Waals surface area contributed by atoms with Crippen molar-refractivity contribution in [2.24, 2.45) is 5.92 Å². The van der Waals surface area contributed by atoms with Gasteiger partial charge in [-0.15, -0.1) is 11.8 Å². The lowest BCUT2D eigenvalue weighted by atomic mass is 10.0. The highest BCUT2D eigenvalue weighted by Gasteiger charge is 2.18. The second-order valence-electron chi connectivity index (χ2n) is 4.88. The number of hydrogen-bond acceptors (Lipinski definition) is 4. The van der Waals surface area contributed by atoms with Crippen molar-refractivity contribution >= 4 is 17.7 Å². The molecule has 0 spiro atoms. The number of aryl methyl sites for hydroxylation is 1. The molecule has 0 aliphatic heterocycles. The molecule has 0 aliphatic carbocycles. The first-order valence-electron chi connectivity index (χ1n) is 7.08. The van der Waals surface area contributed by atoms with E-state index in [2.05, 4.69) is 4.98 Å². The Labute approximate surface area is 134 Å². The van der Waals surface area contributed by atoms with Crippen molar-refractivity contribution in [3.63, 3.8) is 0 Å². The number of hydrogen-bond donors (Lipinski definition) is 1. The molecule has 0 radical (unpaired) electrons. The van der Waals surface area contributed by atoms with Gasteiger partial charge in [-0.25, -0.2) is 0 Å². The first-order chi connectivity index (χ1) is 10.7. The lowest BCUT2D eigenvalue weighted by Crippen LogP contribution is -2.17. The van der Waals surface area contributed by atoms with Crippen LogP contribution in [-0.2, 0) is 11.2 Å². The van der Waals surface area contributed by atoms with Gasteiger partial charge in [0.1, 0.15) is 5.75 Å². The van der Waals surface area contributed by atoms with Crippen LogP contribution in [0.25, 0.3) is 0 Å². The predicted molar refractivity (Wildman–Crippen MR) is 87.4 cm³/mol. The van der Waals surface area contributed by atoms with Gasteiger partial charge >= 0.3 is 5.97 Å². The monoisotopic (exact) mass is 317 g/mol. The van der Waals surface area contributed by atoms with Gasteiger partial charge in [-0.3, -0.25) is 9.78 Å². The zero-order valence-corrected chi connectivity index (χ0v) is 13.3. The van der Waals surface area contributed by atoms with Gasteiger partial charge in [0.15, 0.2) is 0 Å². The minimum Gasteiger partial charge on any atom is -0.497 e. The predicted octanol–water partition coefficient (Wildman–Crippen LogP) is 3.52. The molecule has 1 atom stereocenters. The Morgan fingerprint density at radius 3 is 2.64 bits per heavy atom. The Balaban J connectivity index is 1.87. The minimum atomic E-state index is -0.753. The molecule has 0 bridgehead atoms. The van der Waals surface area contributed by atoms with Gasteiger partial charge in [-0.05, 0) is 49.2 Å². The summed E-state index contributed by atoms with van der Waals surface area (Å²) in [6.07, 6.45) is 3.01. The Morgan fingerprint density at radius 2 is 2.05 bits per heavy atom. The van der Waals surface area contributed by atoms with E-state index in [-0.39, 0.29) is 5.92 Å². The number of carbonyl (C=O) groups is 1. The molecule has 2 rings (SSSR count). The SMILES string of the molecule is COc1ccc(SCC(CCc2ccccn2)C(=O)O)cc1. The van der Waals surface area contributed by atoms with Gasteiger partial charge in [0, 0.05) is 22.5 Å². The molecule has 1 heterocycles. The maximum atomic E-state index is 11.4. The van der Waals surface area contributed by atoms with E-state index < -0.39 is 5.97 Å². The number of thioether (sulfide) groups is 1. The highest BCUT2D eigenvalue weighted by atomic mass is 32.2. The van der Waals surface area contributed by atoms with Crippen molar-refractivity contribution in [3.05, 3.63) is 54.4 Å². The summed E-state index contributed by atoms with van der Waals surface area (Å²) >= 11 is 1.55. The van der Waals surface area contributed by atoms with Gasteiger partial charge in [0.05, 0.1) is 13.0 Å². The van der Waals surface area contributed by atoms with Crippen LogP contribution < -0.4 is 4.74 Å². The fraction of sp³-hybridized carbons (Fsp3) is 0.294. The molecular weight excluding hydrogens is 298 g/mol. The van der Waals surface area contributed by atoms with Gasteiger partial charge in [-0.2, -0.15) is 0 Å². The number of rotatable bonds is 8. The van der Waals surface area contributed by atoms with E-state index in [0.29, 0.717) is 18.6 Å². The van der Waals surface area contributed by atoms with Crippen molar-refractivity contribution in [3.8, 4) is 5.75 Å². The Kier molecular flexibility index (Phi) is 6.27. The average Bonchev–Trinajstić information content (AvgIpc) is 2.56. The van der Waals surface area contributed by atoms with E-state index in [1.54, 1.807) is 25.1 Å². The van der Waals surface area contributed by atoms with Crippen LogP contribution in [0.3, 0.4) is 0 Å². The van der Waals surface area contributed by atoms with Crippen molar-refractivity contribution in [2.75, 3.05) is 12.9 Å². The summed E-state index contributed by atoms with van der Waals surface area (Å²) in [5.74, 6) is 0.217. The minimum absolute atomic E-state index is 0.380. The van der Waals surface area contributed by atoms with E-state index in [4.69, 9.17) is 4.74 Å². The van der Waals surface area contributed by atoms with E-state index in [0.717, 1.165) is 16.3 Å².